The van der Waals surface area contributed by atoms with Gasteiger partial charge in [0.05, 0.1) is 17.4 Å². The van der Waals surface area contributed by atoms with E-state index in [2.05, 4.69) is 23.3 Å². The fourth-order valence-electron chi connectivity index (χ4n) is 1.58. The van der Waals surface area contributed by atoms with E-state index in [9.17, 15) is 4.79 Å². The van der Waals surface area contributed by atoms with Crippen LogP contribution in [0.3, 0.4) is 0 Å². The van der Waals surface area contributed by atoms with Gasteiger partial charge in [-0.1, -0.05) is 18.2 Å². The molecule has 3 nitrogen and oxygen atoms in total. The van der Waals surface area contributed by atoms with Crippen LogP contribution < -0.4 is 5.32 Å². The Labute approximate surface area is 104 Å². The molecular weight excluding hydrogens is 232 g/mol. The van der Waals surface area contributed by atoms with Gasteiger partial charge < -0.3 is 5.32 Å². The van der Waals surface area contributed by atoms with Gasteiger partial charge >= 0.3 is 0 Å². The predicted octanol–water partition coefficient (Wildman–Crippen LogP) is 3.89. The van der Waals surface area contributed by atoms with Crippen LogP contribution in [0, 0.1) is 0 Å². The van der Waals surface area contributed by atoms with Crippen molar-refractivity contribution >= 4 is 28.8 Å². The first kappa shape index (κ1) is 11.6. The average Bonchev–Trinajstić information content (AvgIpc) is 2.85. The summed E-state index contributed by atoms with van der Waals surface area (Å²) in [5.41, 5.74) is 1.46. The Morgan fingerprint density at radius 3 is 2.82 bits per heavy atom. The molecule has 1 atom stereocenters. The van der Waals surface area contributed by atoms with Gasteiger partial charge in [0, 0.05) is 4.88 Å². The van der Waals surface area contributed by atoms with Crippen LogP contribution >= 0.6 is 11.3 Å². The van der Waals surface area contributed by atoms with E-state index < -0.39 is 0 Å². The second-order valence-electron chi connectivity index (χ2n) is 3.60. The summed E-state index contributed by atoms with van der Waals surface area (Å²) in [7, 11) is 0. The Bertz CT molecular complexity index is 530. The lowest BCUT2D eigenvalue weighted by atomic mass is 10.2. The van der Waals surface area contributed by atoms with E-state index in [1.165, 1.54) is 4.88 Å². The first-order valence-electron chi connectivity index (χ1n) is 5.28. The van der Waals surface area contributed by atoms with Crippen molar-refractivity contribution in [3.8, 4) is 0 Å². The molecule has 0 saturated heterocycles. The molecule has 4 heteroatoms. The van der Waals surface area contributed by atoms with E-state index in [1.54, 1.807) is 23.5 Å². The van der Waals surface area contributed by atoms with Crippen molar-refractivity contribution in [2.24, 2.45) is 4.99 Å². The van der Waals surface area contributed by atoms with Gasteiger partial charge in [0.1, 0.15) is 0 Å². The third-order valence-corrected chi connectivity index (χ3v) is 3.47. The van der Waals surface area contributed by atoms with Gasteiger partial charge in [-0.3, -0.25) is 0 Å². The summed E-state index contributed by atoms with van der Waals surface area (Å²) in [6, 6.07) is 11.7. The number of thiophene rings is 1. The summed E-state index contributed by atoms with van der Waals surface area (Å²) in [5.74, 6) is 0. The Hall–Kier alpha value is -1.90. The minimum absolute atomic E-state index is 0.193. The molecule has 86 valence electrons. The number of aliphatic imine (C=N–C) groups is 1. The minimum atomic E-state index is 0.193. The maximum Gasteiger partial charge on any atom is 0.240 e. The lowest BCUT2D eigenvalue weighted by molar-refractivity contribution is 0.565. The number of para-hydroxylation sites is 2. The molecule has 1 unspecified atom stereocenters. The molecule has 0 aliphatic heterocycles. The molecule has 1 aromatic heterocycles. The van der Waals surface area contributed by atoms with E-state index in [0.717, 1.165) is 5.69 Å². The maximum atomic E-state index is 10.3. The highest BCUT2D eigenvalue weighted by atomic mass is 32.1. The highest BCUT2D eigenvalue weighted by molar-refractivity contribution is 7.10. The highest BCUT2D eigenvalue weighted by Gasteiger charge is 2.08. The summed E-state index contributed by atoms with van der Waals surface area (Å²) in [5, 5.41) is 5.38. The van der Waals surface area contributed by atoms with Gasteiger partial charge in [0.2, 0.25) is 6.08 Å². The van der Waals surface area contributed by atoms with Crippen LogP contribution in [0.5, 0.6) is 0 Å². The molecule has 0 aliphatic rings. The normalized spacial score (nSPS) is 11.6. The van der Waals surface area contributed by atoms with Crippen LogP contribution in [0.2, 0.25) is 0 Å². The number of hydrogen-bond donors (Lipinski definition) is 1. The van der Waals surface area contributed by atoms with Crippen LogP contribution in [-0.4, -0.2) is 6.08 Å². The zero-order valence-electron chi connectivity index (χ0n) is 9.38. The molecule has 0 bridgehead atoms. The van der Waals surface area contributed by atoms with Crippen molar-refractivity contribution < 1.29 is 4.79 Å². The van der Waals surface area contributed by atoms with E-state index in [1.807, 2.05) is 29.6 Å². The van der Waals surface area contributed by atoms with Crippen molar-refractivity contribution in [3.63, 3.8) is 0 Å². The Balaban J connectivity index is 2.21. The smallest absolute Gasteiger partial charge is 0.240 e. The molecule has 1 aromatic carbocycles. The standard InChI is InChI=1S/C13H12N2OS/c1-10(13-7-4-8-17-13)15-12-6-3-2-5-11(12)14-9-16/h2-8,10,15H,1H3. The molecule has 17 heavy (non-hydrogen) atoms. The van der Waals surface area contributed by atoms with Gasteiger partial charge in [-0.15, -0.1) is 11.3 Å². The van der Waals surface area contributed by atoms with Gasteiger partial charge in [-0.25, -0.2) is 4.79 Å². The van der Waals surface area contributed by atoms with Crippen LogP contribution in [0.15, 0.2) is 46.8 Å². The molecule has 1 N–H and O–H groups in total. The van der Waals surface area contributed by atoms with Crippen molar-refractivity contribution in [3.05, 3.63) is 46.7 Å². The number of anilines is 1. The molecule has 0 aliphatic carbocycles. The number of nitrogens with zero attached hydrogens (tertiary/aromatic N) is 1. The van der Waals surface area contributed by atoms with Crippen molar-refractivity contribution in [1.29, 1.82) is 0 Å². The zero-order chi connectivity index (χ0) is 12.1. The molecule has 0 amide bonds. The first-order valence-corrected chi connectivity index (χ1v) is 6.16. The first-order chi connectivity index (χ1) is 8.31. The molecule has 0 saturated carbocycles. The molecular formula is C13H12N2OS. The number of rotatable bonds is 4. The Morgan fingerprint density at radius 2 is 2.12 bits per heavy atom. The van der Waals surface area contributed by atoms with E-state index >= 15 is 0 Å². The number of carbonyl (C=O) groups excluding carboxylic acids is 1. The fourth-order valence-corrected chi connectivity index (χ4v) is 2.32. The fraction of sp³-hybridized carbons (Fsp3) is 0.154. The molecule has 2 rings (SSSR count). The minimum Gasteiger partial charge on any atom is -0.376 e. The molecule has 0 fully saturated rings. The number of isocyanates is 1. The Kier molecular flexibility index (Phi) is 3.70. The summed E-state index contributed by atoms with van der Waals surface area (Å²) < 4.78 is 0. The quantitative estimate of drug-likeness (QED) is 0.655. The predicted molar refractivity (Wildman–Crippen MR) is 70.6 cm³/mol. The van der Waals surface area contributed by atoms with Crippen LogP contribution in [0.1, 0.15) is 17.8 Å². The van der Waals surface area contributed by atoms with Crippen molar-refractivity contribution in [2.75, 3.05) is 5.32 Å². The third kappa shape index (κ3) is 2.81. The van der Waals surface area contributed by atoms with E-state index in [-0.39, 0.29) is 6.04 Å². The van der Waals surface area contributed by atoms with Gasteiger partial charge in [0.15, 0.2) is 0 Å². The average molecular weight is 244 g/mol. The van der Waals surface area contributed by atoms with Gasteiger partial charge in [-0.05, 0) is 30.5 Å². The molecule has 0 radical (unpaired) electrons. The second-order valence-corrected chi connectivity index (χ2v) is 4.58. The van der Waals surface area contributed by atoms with E-state index in [4.69, 9.17) is 0 Å². The monoisotopic (exact) mass is 244 g/mol. The summed E-state index contributed by atoms with van der Waals surface area (Å²) in [6.07, 6.45) is 1.57. The third-order valence-electron chi connectivity index (χ3n) is 2.41. The summed E-state index contributed by atoms with van der Waals surface area (Å²) in [4.78, 5) is 15.2. The van der Waals surface area contributed by atoms with Gasteiger partial charge in [0.25, 0.3) is 0 Å². The van der Waals surface area contributed by atoms with Gasteiger partial charge in [-0.2, -0.15) is 4.99 Å². The van der Waals surface area contributed by atoms with Crippen LogP contribution in [0.25, 0.3) is 0 Å². The van der Waals surface area contributed by atoms with Crippen molar-refractivity contribution in [1.82, 2.24) is 0 Å². The largest absolute Gasteiger partial charge is 0.376 e. The van der Waals surface area contributed by atoms with Crippen LogP contribution in [-0.2, 0) is 4.79 Å². The Morgan fingerprint density at radius 1 is 1.29 bits per heavy atom. The lowest BCUT2D eigenvalue weighted by Gasteiger charge is -2.14. The summed E-state index contributed by atoms with van der Waals surface area (Å²) >= 11 is 1.70. The zero-order valence-corrected chi connectivity index (χ0v) is 10.2. The molecule has 0 spiro atoms. The number of hydrogen-bond acceptors (Lipinski definition) is 4. The molecule has 1 heterocycles. The van der Waals surface area contributed by atoms with Crippen molar-refractivity contribution in [2.45, 2.75) is 13.0 Å². The topological polar surface area (TPSA) is 41.5 Å². The molecule has 2 aromatic rings. The number of benzene rings is 1. The lowest BCUT2D eigenvalue weighted by Crippen LogP contribution is -2.04. The number of nitrogens with one attached hydrogen (secondary N) is 1. The summed E-state index contributed by atoms with van der Waals surface area (Å²) in [6.45, 7) is 2.08. The van der Waals surface area contributed by atoms with E-state index in [0.29, 0.717) is 5.69 Å². The maximum absolute atomic E-state index is 10.3. The highest BCUT2D eigenvalue weighted by Crippen LogP contribution is 2.29. The second kappa shape index (κ2) is 5.43. The van der Waals surface area contributed by atoms with Crippen LogP contribution in [0.4, 0.5) is 11.4 Å². The SMILES string of the molecule is CC(Nc1ccccc1N=C=O)c1cccs1.